The summed E-state index contributed by atoms with van der Waals surface area (Å²) < 4.78 is 5.38. The van der Waals surface area contributed by atoms with Crippen LogP contribution in [-0.2, 0) is 6.42 Å². The van der Waals surface area contributed by atoms with E-state index in [0.29, 0.717) is 12.5 Å². The van der Waals surface area contributed by atoms with Gasteiger partial charge in [0.1, 0.15) is 0 Å². The fourth-order valence-corrected chi connectivity index (χ4v) is 2.75. The minimum absolute atomic E-state index is 0.650. The van der Waals surface area contributed by atoms with Crippen LogP contribution in [0.4, 0.5) is 5.69 Å². The van der Waals surface area contributed by atoms with Gasteiger partial charge in [0.05, 0.1) is 6.61 Å². The summed E-state index contributed by atoms with van der Waals surface area (Å²) in [7, 11) is 2.16. The zero-order chi connectivity index (χ0) is 13.9. The van der Waals surface area contributed by atoms with E-state index in [0.717, 1.165) is 18.5 Å². The van der Waals surface area contributed by atoms with Crippen LogP contribution in [0.1, 0.15) is 18.9 Å². The molecule has 1 aliphatic rings. The van der Waals surface area contributed by atoms with Crippen molar-refractivity contribution in [3.8, 4) is 17.0 Å². The van der Waals surface area contributed by atoms with E-state index in [4.69, 9.17) is 4.74 Å². The number of pyridine rings is 1. The molecule has 3 nitrogen and oxygen atoms in total. The Kier molecular flexibility index (Phi) is 3.59. The normalized spacial score (nSPS) is 14.0. The van der Waals surface area contributed by atoms with Crippen LogP contribution in [0.2, 0.25) is 0 Å². The molecule has 0 spiro atoms. The molecule has 0 N–H and O–H groups in total. The van der Waals surface area contributed by atoms with Gasteiger partial charge >= 0.3 is 0 Å². The van der Waals surface area contributed by atoms with Gasteiger partial charge in [-0.2, -0.15) is 0 Å². The SMILES string of the molecule is CCOc1ccc(-c2ccc3c(c2)CCCN3C)cn1. The fraction of sp³-hybridized carbons (Fsp3) is 0.353. The molecule has 104 valence electrons. The Hall–Kier alpha value is -2.03. The van der Waals surface area contributed by atoms with E-state index in [2.05, 4.69) is 41.2 Å². The van der Waals surface area contributed by atoms with Gasteiger partial charge in [-0.3, -0.25) is 0 Å². The lowest BCUT2D eigenvalue weighted by atomic mass is 9.97. The van der Waals surface area contributed by atoms with E-state index in [1.807, 2.05) is 19.2 Å². The number of anilines is 1. The summed E-state index contributed by atoms with van der Waals surface area (Å²) in [6.07, 6.45) is 4.28. The highest BCUT2D eigenvalue weighted by molar-refractivity contribution is 5.69. The van der Waals surface area contributed by atoms with Crippen LogP contribution in [-0.4, -0.2) is 25.2 Å². The number of rotatable bonds is 3. The molecule has 0 unspecified atom stereocenters. The fourth-order valence-electron chi connectivity index (χ4n) is 2.75. The van der Waals surface area contributed by atoms with Gasteiger partial charge in [-0.15, -0.1) is 0 Å². The number of fused-ring (bicyclic) bond motifs is 1. The van der Waals surface area contributed by atoms with Crippen molar-refractivity contribution < 1.29 is 4.74 Å². The third-order valence-electron chi connectivity index (χ3n) is 3.79. The Balaban J connectivity index is 1.90. The largest absolute Gasteiger partial charge is 0.478 e. The first kappa shape index (κ1) is 13.0. The number of aryl methyl sites for hydroxylation is 1. The molecule has 0 saturated heterocycles. The standard InChI is InChI=1S/C17H20N2O/c1-3-20-17-9-7-15(12-18-17)13-6-8-16-14(11-13)5-4-10-19(16)2/h6-9,11-12H,3-5,10H2,1-2H3. The maximum atomic E-state index is 5.38. The minimum atomic E-state index is 0.650. The van der Waals surface area contributed by atoms with Gasteiger partial charge in [0.2, 0.25) is 5.88 Å². The summed E-state index contributed by atoms with van der Waals surface area (Å²) in [6.45, 7) is 3.77. The van der Waals surface area contributed by atoms with Crippen LogP contribution in [0.5, 0.6) is 5.88 Å². The third kappa shape index (κ3) is 2.48. The zero-order valence-corrected chi connectivity index (χ0v) is 12.1. The van der Waals surface area contributed by atoms with Crippen LogP contribution in [0.15, 0.2) is 36.5 Å². The van der Waals surface area contributed by atoms with Crippen molar-refractivity contribution in [1.29, 1.82) is 0 Å². The van der Waals surface area contributed by atoms with Crippen molar-refractivity contribution in [1.82, 2.24) is 4.98 Å². The molecule has 1 aromatic carbocycles. The summed E-state index contributed by atoms with van der Waals surface area (Å²) >= 11 is 0. The van der Waals surface area contributed by atoms with Crippen LogP contribution in [0.3, 0.4) is 0 Å². The number of ether oxygens (including phenoxy) is 1. The quantitative estimate of drug-likeness (QED) is 0.851. The number of aromatic nitrogens is 1. The van der Waals surface area contributed by atoms with E-state index in [1.165, 1.54) is 23.2 Å². The topological polar surface area (TPSA) is 25.4 Å². The van der Waals surface area contributed by atoms with Crippen molar-refractivity contribution in [2.75, 3.05) is 25.1 Å². The molecule has 2 aromatic rings. The molecule has 1 aromatic heterocycles. The maximum Gasteiger partial charge on any atom is 0.213 e. The van der Waals surface area contributed by atoms with Crippen LogP contribution in [0, 0.1) is 0 Å². The third-order valence-corrected chi connectivity index (χ3v) is 3.79. The van der Waals surface area contributed by atoms with Crippen molar-refractivity contribution >= 4 is 5.69 Å². The lowest BCUT2D eigenvalue weighted by Gasteiger charge is -2.27. The first-order chi connectivity index (χ1) is 9.78. The van der Waals surface area contributed by atoms with Gasteiger partial charge < -0.3 is 9.64 Å². The zero-order valence-electron chi connectivity index (χ0n) is 12.1. The summed E-state index contributed by atoms with van der Waals surface area (Å²) in [4.78, 5) is 6.67. The molecule has 0 atom stereocenters. The van der Waals surface area contributed by atoms with Crippen LogP contribution in [0.25, 0.3) is 11.1 Å². The van der Waals surface area contributed by atoms with Crippen molar-refractivity contribution in [3.63, 3.8) is 0 Å². The average Bonchev–Trinajstić information content (AvgIpc) is 2.48. The Bertz CT molecular complexity index is 592. The molecule has 1 aliphatic heterocycles. The molecule has 3 rings (SSSR count). The number of hydrogen-bond donors (Lipinski definition) is 0. The molecule has 0 aliphatic carbocycles. The predicted molar refractivity (Wildman–Crippen MR) is 82.4 cm³/mol. The lowest BCUT2D eigenvalue weighted by molar-refractivity contribution is 0.327. The molecular formula is C17H20N2O. The van der Waals surface area contributed by atoms with Crippen molar-refractivity contribution in [3.05, 3.63) is 42.1 Å². The molecule has 0 bridgehead atoms. The lowest BCUT2D eigenvalue weighted by Crippen LogP contribution is -2.24. The summed E-state index contributed by atoms with van der Waals surface area (Å²) in [6, 6.07) is 10.7. The molecule has 0 radical (unpaired) electrons. The summed E-state index contributed by atoms with van der Waals surface area (Å²) in [5, 5.41) is 0. The van der Waals surface area contributed by atoms with E-state index >= 15 is 0 Å². The van der Waals surface area contributed by atoms with Gasteiger partial charge in [0, 0.05) is 37.1 Å². The summed E-state index contributed by atoms with van der Waals surface area (Å²) in [5.74, 6) is 0.689. The maximum absolute atomic E-state index is 5.38. The number of nitrogens with zero attached hydrogens (tertiary/aromatic N) is 2. The Morgan fingerprint density at radius 1 is 1.20 bits per heavy atom. The Labute approximate surface area is 120 Å². The van der Waals surface area contributed by atoms with Crippen molar-refractivity contribution in [2.24, 2.45) is 0 Å². The molecule has 0 fully saturated rings. The molecule has 0 amide bonds. The van der Waals surface area contributed by atoms with Gasteiger partial charge in [0.25, 0.3) is 0 Å². The van der Waals surface area contributed by atoms with Crippen molar-refractivity contribution in [2.45, 2.75) is 19.8 Å². The Morgan fingerprint density at radius 2 is 2.05 bits per heavy atom. The second-order valence-corrected chi connectivity index (χ2v) is 5.19. The smallest absolute Gasteiger partial charge is 0.213 e. The first-order valence-electron chi connectivity index (χ1n) is 7.21. The molecule has 20 heavy (non-hydrogen) atoms. The molecule has 0 saturated carbocycles. The van der Waals surface area contributed by atoms with Gasteiger partial charge in [-0.05, 0) is 49.1 Å². The molecule has 3 heteroatoms. The van der Waals surface area contributed by atoms with Gasteiger partial charge in [-0.1, -0.05) is 6.07 Å². The van der Waals surface area contributed by atoms with Crippen LogP contribution >= 0.6 is 0 Å². The second kappa shape index (κ2) is 5.53. The van der Waals surface area contributed by atoms with E-state index in [-0.39, 0.29) is 0 Å². The first-order valence-corrected chi connectivity index (χ1v) is 7.21. The van der Waals surface area contributed by atoms with E-state index in [9.17, 15) is 0 Å². The Morgan fingerprint density at radius 3 is 2.80 bits per heavy atom. The summed E-state index contributed by atoms with van der Waals surface area (Å²) in [5.41, 5.74) is 5.17. The number of benzene rings is 1. The average molecular weight is 268 g/mol. The number of hydrogen-bond acceptors (Lipinski definition) is 3. The second-order valence-electron chi connectivity index (χ2n) is 5.19. The van der Waals surface area contributed by atoms with Crippen LogP contribution < -0.4 is 9.64 Å². The minimum Gasteiger partial charge on any atom is -0.478 e. The molecular weight excluding hydrogens is 248 g/mol. The van der Waals surface area contributed by atoms with E-state index in [1.54, 1.807) is 0 Å². The van der Waals surface area contributed by atoms with Gasteiger partial charge in [-0.25, -0.2) is 4.98 Å². The highest BCUT2D eigenvalue weighted by Gasteiger charge is 2.14. The molecule has 2 heterocycles. The highest BCUT2D eigenvalue weighted by Crippen LogP contribution is 2.30. The highest BCUT2D eigenvalue weighted by atomic mass is 16.5. The predicted octanol–water partition coefficient (Wildman–Crippen LogP) is 3.53. The van der Waals surface area contributed by atoms with Gasteiger partial charge in [0.15, 0.2) is 0 Å². The van der Waals surface area contributed by atoms with E-state index < -0.39 is 0 Å². The monoisotopic (exact) mass is 268 g/mol.